The minimum absolute atomic E-state index is 0.188. The third-order valence-electron chi connectivity index (χ3n) is 4.19. The predicted octanol–water partition coefficient (Wildman–Crippen LogP) is 2.69. The zero-order valence-corrected chi connectivity index (χ0v) is 13.8. The molecule has 0 bridgehead atoms. The van der Waals surface area contributed by atoms with Crippen molar-refractivity contribution in [2.75, 3.05) is 6.61 Å². The molecule has 1 aromatic rings. The smallest absolute Gasteiger partial charge is 0.347 e. The van der Waals surface area contributed by atoms with E-state index in [1.807, 2.05) is 18.2 Å². The van der Waals surface area contributed by atoms with Gasteiger partial charge in [0.1, 0.15) is 5.75 Å². The normalized spacial score (nSPS) is 22.0. The van der Waals surface area contributed by atoms with Gasteiger partial charge < -0.3 is 14.8 Å². The minimum Gasteiger partial charge on any atom is -0.479 e. The third kappa shape index (κ3) is 5.58. The van der Waals surface area contributed by atoms with E-state index < -0.39 is 12.1 Å². The summed E-state index contributed by atoms with van der Waals surface area (Å²) in [5.41, 5.74) is 0. The van der Waals surface area contributed by atoms with Gasteiger partial charge in [0.15, 0.2) is 12.7 Å². The Morgan fingerprint density at radius 2 is 1.91 bits per heavy atom. The summed E-state index contributed by atoms with van der Waals surface area (Å²) in [6, 6.07) is 9.24. The maximum atomic E-state index is 11.9. The van der Waals surface area contributed by atoms with Crippen LogP contribution in [0.2, 0.25) is 0 Å². The molecule has 0 radical (unpaired) electrons. The summed E-state index contributed by atoms with van der Waals surface area (Å²) in [6.45, 7) is 3.49. The number of hydrogen-bond acceptors (Lipinski definition) is 4. The van der Waals surface area contributed by atoms with Crippen molar-refractivity contribution in [3.8, 4) is 5.75 Å². The summed E-state index contributed by atoms with van der Waals surface area (Å²) in [5.74, 6) is 0.283. The number of carbonyl (C=O) groups excluding carboxylic acids is 2. The van der Waals surface area contributed by atoms with Crippen LogP contribution in [0.1, 0.15) is 39.5 Å². The van der Waals surface area contributed by atoms with Gasteiger partial charge in [-0.15, -0.1) is 0 Å². The van der Waals surface area contributed by atoms with E-state index in [4.69, 9.17) is 9.47 Å². The molecule has 0 spiro atoms. The molecule has 2 rings (SSSR count). The van der Waals surface area contributed by atoms with E-state index in [2.05, 4.69) is 12.2 Å². The van der Waals surface area contributed by atoms with Crippen LogP contribution in [0.15, 0.2) is 30.3 Å². The molecule has 1 fully saturated rings. The van der Waals surface area contributed by atoms with E-state index in [0.717, 1.165) is 19.3 Å². The second-order valence-corrected chi connectivity index (χ2v) is 6.12. The van der Waals surface area contributed by atoms with E-state index >= 15 is 0 Å². The molecular formula is C18H25NO4. The first-order valence-electron chi connectivity index (χ1n) is 8.24. The number of benzene rings is 1. The number of amides is 1. The van der Waals surface area contributed by atoms with Gasteiger partial charge in [-0.05, 0) is 37.8 Å². The predicted molar refractivity (Wildman–Crippen MR) is 87.1 cm³/mol. The number of esters is 1. The van der Waals surface area contributed by atoms with Crippen molar-refractivity contribution in [2.24, 2.45) is 5.92 Å². The topological polar surface area (TPSA) is 64.6 Å². The van der Waals surface area contributed by atoms with Gasteiger partial charge in [-0.1, -0.05) is 38.0 Å². The summed E-state index contributed by atoms with van der Waals surface area (Å²) in [7, 11) is 0. The Kier molecular flexibility index (Phi) is 6.44. The largest absolute Gasteiger partial charge is 0.479 e. The lowest BCUT2D eigenvalue weighted by Gasteiger charge is -2.29. The fourth-order valence-corrected chi connectivity index (χ4v) is 2.78. The Morgan fingerprint density at radius 3 is 2.61 bits per heavy atom. The van der Waals surface area contributed by atoms with Gasteiger partial charge in [0, 0.05) is 6.04 Å². The number of hydrogen-bond donors (Lipinski definition) is 1. The van der Waals surface area contributed by atoms with Crippen molar-refractivity contribution in [3.63, 3.8) is 0 Å². The number of rotatable bonds is 6. The van der Waals surface area contributed by atoms with Gasteiger partial charge in [-0.2, -0.15) is 0 Å². The van der Waals surface area contributed by atoms with Crippen LogP contribution in [0.3, 0.4) is 0 Å². The van der Waals surface area contributed by atoms with E-state index in [0.29, 0.717) is 11.7 Å². The molecule has 1 aliphatic carbocycles. The van der Waals surface area contributed by atoms with Crippen molar-refractivity contribution in [2.45, 2.75) is 51.7 Å². The molecule has 1 N–H and O–H groups in total. The Morgan fingerprint density at radius 1 is 1.22 bits per heavy atom. The molecule has 5 heteroatoms. The molecule has 3 atom stereocenters. The van der Waals surface area contributed by atoms with E-state index in [9.17, 15) is 9.59 Å². The molecule has 1 saturated carbocycles. The summed E-state index contributed by atoms with van der Waals surface area (Å²) >= 11 is 0. The average Bonchev–Trinajstić information content (AvgIpc) is 2.55. The molecular weight excluding hydrogens is 294 g/mol. The third-order valence-corrected chi connectivity index (χ3v) is 4.19. The van der Waals surface area contributed by atoms with Crippen LogP contribution >= 0.6 is 0 Å². The van der Waals surface area contributed by atoms with Gasteiger partial charge >= 0.3 is 5.97 Å². The SMILES string of the molecule is C[C@@H]1CCCC[C@@H]1NC(=O)COC(=O)[C@@H](C)Oc1ccccc1. The van der Waals surface area contributed by atoms with Crippen LogP contribution in [-0.2, 0) is 14.3 Å². The second kappa shape index (κ2) is 8.56. The summed E-state index contributed by atoms with van der Waals surface area (Å²) in [5, 5.41) is 2.96. The zero-order chi connectivity index (χ0) is 16.7. The highest BCUT2D eigenvalue weighted by molar-refractivity contribution is 5.82. The van der Waals surface area contributed by atoms with Crippen LogP contribution in [-0.4, -0.2) is 30.6 Å². The van der Waals surface area contributed by atoms with Gasteiger partial charge in [0.2, 0.25) is 0 Å². The second-order valence-electron chi connectivity index (χ2n) is 6.12. The number of carbonyl (C=O) groups is 2. The number of nitrogens with one attached hydrogen (secondary N) is 1. The molecule has 0 saturated heterocycles. The first kappa shape index (κ1) is 17.3. The summed E-state index contributed by atoms with van der Waals surface area (Å²) < 4.78 is 10.5. The standard InChI is InChI=1S/C18H25NO4/c1-13-8-6-7-11-16(13)19-17(20)12-22-18(21)14(2)23-15-9-4-3-5-10-15/h3-5,9-10,13-14,16H,6-8,11-12H2,1-2H3,(H,19,20)/t13-,14-,16+/m1/s1. The van der Waals surface area contributed by atoms with E-state index in [1.54, 1.807) is 19.1 Å². The molecule has 0 unspecified atom stereocenters. The molecule has 23 heavy (non-hydrogen) atoms. The maximum absolute atomic E-state index is 11.9. The molecule has 1 aromatic carbocycles. The number of para-hydroxylation sites is 1. The lowest BCUT2D eigenvalue weighted by atomic mass is 9.86. The molecule has 0 aliphatic heterocycles. The van der Waals surface area contributed by atoms with Crippen molar-refractivity contribution in [1.29, 1.82) is 0 Å². The highest BCUT2D eigenvalue weighted by Crippen LogP contribution is 2.23. The van der Waals surface area contributed by atoms with Crippen LogP contribution in [0.25, 0.3) is 0 Å². The molecule has 1 amide bonds. The first-order valence-corrected chi connectivity index (χ1v) is 8.24. The van der Waals surface area contributed by atoms with Gasteiger partial charge in [-0.25, -0.2) is 4.79 Å². The van der Waals surface area contributed by atoms with Crippen LogP contribution in [0.5, 0.6) is 5.75 Å². The van der Waals surface area contributed by atoms with Gasteiger partial charge in [0.25, 0.3) is 5.91 Å². The van der Waals surface area contributed by atoms with Crippen molar-refractivity contribution in [3.05, 3.63) is 30.3 Å². The van der Waals surface area contributed by atoms with Crippen LogP contribution in [0.4, 0.5) is 0 Å². The molecule has 1 aliphatic rings. The maximum Gasteiger partial charge on any atom is 0.347 e. The molecule has 5 nitrogen and oxygen atoms in total. The molecule has 0 heterocycles. The zero-order valence-electron chi connectivity index (χ0n) is 13.8. The van der Waals surface area contributed by atoms with Crippen LogP contribution < -0.4 is 10.1 Å². The average molecular weight is 319 g/mol. The highest BCUT2D eigenvalue weighted by Gasteiger charge is 2.24. The molecule has 0 aromatic heterocycles. The minimum atomic E-state index is -0.751. The monoisotopic (exact) mass is 319 g/mol. The molecule has 126 valence electrons. The van der Waals surface area contributed by atoms with Gasteiger partial charge in [-0.3, -0.25) is 4.79 Å². The Balaban J connectivity index is 1.71. The van der Waals surface area contributed by atoms with Crippen LogP contribution in [0, 0.1) is 5.92 Å². The quantitative estimate of drug-likeness (QED) is 0.819. The van der Waals surface area contributed by atoms with Crippen molar-refractivity contribution in [1.82, 2.24) is 5.32 Å². The fourth-order valence-electron chi connectivity index (χ4n) is 2.78. The summed E-state index contributed by atoms with van der Waals surface area (Å²) in [4.78, 5) is 23.8. The van der Waals surface area contributed by atoms with Crippen molar-refractivity contribution >= 4 is 11.9 Å². The fraction of sp³-hybridized carbons (Fsp3) is 0.556. The first-order chi connectivity index (χ1) is 11.1. The lowest BCUT2D eigenvalue weighted by molar-refractivity contribution is -0.155. The summed E-state index contributed by atoms with van der Waals surface area (Å²) in [6.07, 6.45) is 3.73. The number of ether oxygens (including phenoxy) is 2. The Bertz CT molecular complexity index is 517. The Hall–Kier alpha value is -2.04. The Labute approximate surface area is 137 Å². The lowest BCUT2D eigenvalue weighted by Crippen LogP contribution is -2.43. The van der Waals surface area contributed by atoms with Gasteiger partial charge in [0.05, 0.1) is 0 Å². The van der Waals surface area contributed by atoms with Crippen molar-refractivity contribution < 1.29 is 19.1 Å². The van der Waals surface area contributed by atoms with E-state index in [1.165, 1.54) is 6.42 Å². The highest BCUT2D eigenvalue weighted by atomic mass is 16.6. The van der Waals surface area contributed by atoms with E-state index in [-0.39, 0.29) is 18.6 Å².